The maximum atomic E-state index is 5.90. The molecule has 1 aromatic rings. The summed E-state index contributed by atoms with van der Waals surface area (Å²) in [5.74, 6) is 0. The van der Waals surface area contributed by atoms with Crippen molar-refractivity contribution < 1.29 is 4.74 Å². The standard InChI is InChI=1S/C12H15ClN2O/c1-3-15-6-7-16-12(15)14-11-5-4-10(13)8-9(11)2/h4-5,8H,3,6-7H2,1-2H3. The Balaban J connectivity index is 2.28. The Kier molecular flexibility index (Phi) is 3.34. The molecule has 4 heteroatoms. The normalized spacial score (nSPS) is 17.9. The summed E-state index contributed by atoms with van der Waals surface area (Å²) in [6, 6.07) is 6.39. The van der Waals surface area contributed by atoms with Gasteiger partial charge in [-0.15, -0.1) is 0 Å². The maximum Gasteiger partial charge on any atom is 0.292 e. The molecule has 0 aromatic heterocycles. The van der Waals surface area contributed by atoms with Gasteiger partial charge in [0.1, 0.15) is 6.61 Å². The fourth-order valence-corrected chi connectivity index (χ4v) is 1.90. The molecule has 1 aliphatic rings. The van der Waals surface area contributed by atoms with Crippen molar-refractivity contribution >= 4 is 23.3 Å². The second kappa shape index (κ2) is 4.74. The first-order valence-corrected chi connectivity index (χ1v) is 5.81. The Bertz CT molecular complexity index is 417. The molecule has 0 unspecified atom stereocenters. The molecule has 1 fully saturated rings. The monoisotopic (exact) mass is 238 g/mol. The fraction of sp³-hybridized carbons (Fsp3) is 0.417. The Hall–Kier alpha value is -1.22. The smallest absolute Gasteiger partial charge is 0.292 e. The molecule has 3 nitrogen and oxygen atoms in total. The topological polar surface area (TPSA) is 24.8 Å². The van der Waals surface area contributed by atoms with Crippen molar-refractivity contribution in [2.45, 2.75) is 13.8 Å². The van der Waals surface area contributed by atoms with Crippen LogP contribution in [0.1, 0.15) is 12.5 Å². The summed E-state index contributed by atoms with van der Waals surface area (Å²) < 4.78 is 5.49. The van der Waals surface area contributed by atoms with Gasteiger partial charge in [0.25, 0.3) is 6.02 Å². The zero-order valence-corrected chi connectivity index (χ0v) is 10.3. The van der Waals surface area contributed by atoms with E-state index in [-0.39, 0.29) is 0 Å². The van der Waals surface area contributed by atoms with Gasteiger partial charge in [0.05, 0.1) is 12.2 Å². The van der Waals surface area contributed by atoms with Gasteiger partial charge in [-0.2, -0.15) is 4.99 Å². The summed E-state index contributed by atoms with van der Waals surface area (Å²) in [5, 5.41) is 0.737. The van der Waals surface area contributed by atoms with Crippen LogP contribution in [0.4, 0.5) is 5.69 Å². The van der Waals surface area contributed by atoms with Gasteiger partial charge >= 0.3 is 0 Å². The van der Waals surface area contributed by atoms with Crippen LogP contribution in [-0.4, -0.2) is 30.6 Å². The summed E-state index contributed by atoms with van der Waals surface area (Å²) in [7, 11) is 0. The quantitative estimate of drug-likeness (QED) is 0.791. The number of aliphatic imine (C=N–C) groups is 1. The number of nitrogens with zero attached hydrogens (tertiary/aromatic N) is 2. The molecule has 0 saturated carbocycles. The molecule has 1 aromatic carbocycles. The lowest BCUT2D eigenvalue weighted by atomic mass is 10.2. The number of ether oxygens (including phenoxy) is 1. The highest BCUT2D eigenvalue weighted by atomic mass is 35.5. The van der Waals surface area contributed by atoms with Crippen molar-refractivity contribution in [3.05, 3.63) is 28.8 Å². The molecule has 0 radical (unpaired) electrons. The first-order chi connectivity index (χ1) is 7.70. The van der Waals surface area contributed by atoms with E-state index >= 15 is 0 Å². The minimum absolute atomic E-state index is 0.716. The second-order valence-electron chi connectivity index (χ2n) is 3.75. The minimum Gasteiger partial charge on any atom is -0.463 e. The van der Waals surface area contributed by atoms with Crippen LogP contribution in [0.2, 0.25) is 5.02 Å². The number of hydrogen-bond acceptors (Lipinski definition) is 2. The lowest BCUT2D eigenvalue weighted by molar-refractivity contribution is 0.352. The SMILES string of the molecule is CCN1CCOC1=Nc1ccc(Cl)cc1C. The van der Waals surface area contributed by atoms with Crippen molar-refractivity contribution in [1.29, 1.82) is 0 Å². The van der Waals surface area contributed by atoms with Crippen LogP contribution in [0.15, 0.2) is 23.2 Å². The van der Waals surface area contributed by atoms with E-state index in [9.17, 15) is 0 Å². The molecule has 1 aliphatic heterocycles. The number of amidine groups is 1. The molecule has 86 valence electrons. The number of halogens is 1. The van der Waals surface area contributed by atoms with Crippen LogP contribution >= 0.6 is 11.6 Å². The molecule has 0 N–H and O–H groups in total. The van der Waals surface area contributed by atoms with Crippen LogP contribution in [0.3, 0.4) is 0 Å². The highest BCUT2D eigenvalue weighted by Crippen LogP contribution is 2.23. The van der Waals surface area contributed by atoms with Gasteiger partial charge in [0.15, 0.2) is 0 Å². The third-order valence-electron chi connectivity index (χ3n) is 2.62. The number of hydrogen-bond donors (Lipinski definition) is 0. The molecular weight excluding hydrogens is 224 g/mol. The van der Waals surface area contributed by atoms with Crippen LogP contribution in [0, 0.1) is 6.92 Å². The second-order valence-corrected chi connectivity index (χ2v) is 4.19. The first kappa shape index (κ1) is 11.3. The van der Waals surface area contributed by atoms with E-state index in [1.54, 1.807) is 0 Å². The predicted molar refractivity (Wildman–Crippen MR) is 66.5 cm³/mol. The van der Waals surface area contributed by atoms with Gasteiger partial charge in [-0.3, -0.25) is 0 Å². The lowest BCUT2D eigenvalue weighted by Crippen LogP contribution is -2.24. The van der Waals surface area contributed by atoms with E-state index in [4.69, 9.17) is 16.3 Å². The van der Waals surface area contributed by atoms with Gasteiger partial charge in [0.2, 0.25) is 0 Å². The molecule has 0 atom stereocenters. The Morgan fingerprint density at radius 1 is 1.50 bits per heavy atom. The van der Waals surface area contributed by atoms with E-state index in [2.05, 4.69) is 16.8 Å². The maximum absolute atomic E-state index is 5.90. The van der Waals surface area contributed by atoms with E-state index in [1.165, 1.54) is 0 Å². The summed E-state index contributed by atoms with van der Waals surface area (Å²) in [4.78, 5) is 6.63. The van der Waals surface area contributed by atoms with Crippen molar-refractivity contribution in [2.24, 2.45) is 4.99 Å². The van der Waals surface area contributed by atoms with Crippen molar-refractivity contribution in [3.63, 3.8) is 0 Å². The van der Waals surface area contributed by atoms with Crippen LogP contribution < -0.4 is 0 Å². The molecule has 0 aliphatic carbocycles. The highest BCUT2D eigenvalue weighted by molar-refractivity contribution is 6.30. The van der Waals surface area contributed by atoms with Crippen LogP contribution in [0.5, 0.6) is 0 Å². The predicted octanol–water partition coefficient (Wildman–Crippen LogP) is 2.99. The first-order valence-electron chi connectivity index (χ1n) is 5.43. The molecule has 0 spiro atoms. The molecule has 16 heavy (non-hydrogen) atoms. The van der Waals surface area contributed by atoms with Gasteiger partial charge in [-0.05, 0) is 37.6 Å². The zero-order valence-electron chi connectivity index (χ0n) is 9.53. The minimum atomic E-state index is 0.716. The van der Waals surface area contributed by atoms with Crippen molar-refractivity contribution in [2.75, 3.05) is 19.7 Å². The van der Waals surface area contributed by atoms with Crippen molar-refractivity contribution in [3.8, 4) is 0 Å². The summed E-state index contributed by atoms with van der Waals surface area (Å²) >= 11 is 5.90. The average Bonchev–Trinajstić information content (AvgIpc) is 2.69. The Morgan fingerprint density at radius 2 is 2.31 bits per heavy atom. The van der Waals surface area contributed by atoms with E-state index in [1.807, 2.05) is 25.1 Å². The summed E-state index contributed by atoms with van der Waals surface area (Å²) in [6.07, 6.45) is 0. The van der Waals surface area contributed by atoms with Gasteiger partial charge < -0.3 is 9.64 Å². The Labute approximate surface area is 101 Å². The lowest BCUT2D eigenvalue weighted by Gasteiger charge is -2.12. The Morgan fingerprint density at radius 3 is 3.00 bits per heavy atom. The fourth-order valence-electron chi connectivity index (χ4n) is 1.68. The van der Waals surface area contributed by atoms with Gasteiger partial charge in [-0.25, -0.2) is 0 Å². The number of aryl methyl sites for hydroxylation is 1. The number of likely N-dealkylation sites (N-methyl/N-ethyl adjacent to an activating group) is 1. The van der Waals surface area contributed by atoms with Gasteiger partial charge in [-0.1, -0.05) is 11.6 Å². The molecular formula is C12H15ClN2O. The van der Waals surface area contributed by atoms with E-state index in [0.717, 1.165) is 36.0 Å². The van der Waals surface area contributed by atoms with E-state index < -0.39 is 0 Å². The zero-order chi connectivity index (χ0) is 11.5. The highest BCUT2D eigenvalue weighted by Gasteiger charge is 2.18. The van der Waals surface area contributed by atoms with E-state index in [0.29, 0.717) is 6.02 Å². The third-order valence-corrected chi connectivity index (χ3v) is 2.85. The summed E-state index contributed by atoms with van der Waals surface area (Å²) in [5.41, 5.74) is 1.98. The molecule has 1 heterocycles. The van der Waals surface area contributed by atoms with Crippen LogP contribution in [0.25, 0.3) is 0 Å². The van der Waals surface area contributed by atoms with Gasteiger partial charge in [0, 0.05) is 11.6 Å². The number of benzene rings is 1. The largest absolute Gasteiger partial charge is 0.463 e. The van der Waals surface area contributed by atoms with Crippen molar-refractivity contribution in [1.82, 2.24) is 4.90 Å². The molecule has 0 amide bonds. The molecule has 2 rings (SSSR count). The third kappa shape index (κ3) is 2.30. The number of rotatable bonds is 2. The molecule has 1 saturated heterocycles. The van der Waals surface area contributed by atoms with Crippen LogP contribution in [-0.2, 0) is 4.74 Å². The summed E-state index contributed by atoms with van der Waals surface area (Å²) in [6.45, 7) is 6.65. The average molecular weight is 239 g/mol. The molecule has 0 bridgehead atoms.